The van der Waals surface area contributed by atoms with Gasteiger partial charge in [0, 0.05) is 23.7 Å². The molecule has 0 aliphatic heterocycles. The van der Waals surface area contributed by atoms with Crippen LogP contribution in [0.15, 0.2) is 18.5 Å². The van der Waals surface area contributed by atoms with Gasteiger partial charge in [0.25, 0.3) is 5.91 Å². The second-order valence-electron chi connectivity index (χ2n) is 4.54. The molecule has 7 heteroatoms. The first kappa shape index (κ1) is 14.3. The van der Waals surface area contributed by atoms with E-state index in [-0.39, 0.29) is 5.91 Å². The fourth-order valence-corrected chi connectivity index (χ4v) is 2.70. The normalized spacial score (nSPS) is 12.2. The predicted molar refractivity (Wildman–Crippen MR) is 74.8 cm³/mol. The van der Waals surface area contributed by atoms with Crippen LogP contribution in [-0.2, 0) is 11.8 Å². The van der Waals surface area contributed by atoms with E-state index in [1.165, 1.54) is 22.2 Å². The van der Waals surface area contributed by atoms with Crippen LogP contribution in [0.1, 0.15) is 31.7 Å². The zero-order chi connectivity index (χ0) is 14.9. The summed E-state index contributed by atoms with van der Waals surface area (Å²) in [5.74, 6) is -1.50. The lowest BCUT2D eigenvalue weighted by molar-refractivity contribution is -0.139. The van der Waals surface area contributed by atoms with Crippen LogP contribution in [0.25, 0.3) is 0 Å². The van der Waals surface area contributed by atoms with Crippen molar-refractivity contribution in [3.8, 4) is 0 Å². The van der Waals surface area contributed by atoms with Gasteiger partial charge in [-0.15, -0.1) is 11.3 Å². The van der Waals surface area contributed by atoms with Gasteiger partial charge in [0.05, 0.1) is 11.1 Å². The molecular weight excluding hydrogens is 278 g/mol. The minimum atomic E-state index is -1.11. The predicted octanol–water partition coefficient (Wildman–Crippen LogP) is 1.65. The molecule has 20 heavy (non-hydrogen) atoms. The van der Waals surface area contributed by atoms with Crippen LogP contribution in [0.5, 0.6) is 0 Å². The van der Waals surface area contributed by atoms with Crippen molar-refractivity contribution >= 4 is 23.2 Å². The van der Waals surface area contributed by atoms with Crippen LogP contribution in [0, 0.1) is 13.8 Å². The Hall–Kier alpha value is -2.15. The van der Waals surface area contributed by atoms with Crippen LogP contribution in [0.3, 0.4) is 0 Å². The Morgan fingerprint density at radius 3 is 2.60 bits per heavy atom. The number of hydrogen-bond donors (Lipinski definition) is 2. The average molecular weight is 293 g/mol. The molecule has 0 saturated carbocycles. The average Bonchev–Trinajstić information content (AvgIpc) is 2.93. The number of carbonyl (C=O) groups excluding carboxylic acids is 1. The van der Waals surface area contributed by atoms with Gasteiger partial charge in [0.2, 0.25) is 0 Å². The Labute approximate surface area is 120 Å². The third kappa shape index (κ3) is 2.88. The first-order valence-corrected chi connectivity index (χ1v) is 6.79. The largest absolute Gasteiger partial charge is 0.479 e. The molecule has 2 aromatic heterocycles. The number of hydrogen-bond acceptors (Lipinski definition) is 4. The standard InChI is InChI=1S/C13H15N3O3S/c1-7-4-10(20-8(7)2)12(17)15-11(13(18)19)9-5-14-16(3)6-9/h4-6,11H,1-3H3,(H,15,17)(H,18,19). The van der Waals surface area contributed by atoms with E-state index in [1.807, 2.05) is 13.8 Å². The summed E-state index contributed by atoms with van der Waals surface area (Å²) in [6, 6.07) is 0.663. The molecule has 106 valence electrons. The molecule has 2 heterocycles. The lowest BCUT2D eigenvalue weighted by Gasteiger charge is -2.11. The first-order valence-electron chi connectivity index (χ1n) is 5.97. The molecule has 1 atom stereocenters. The molecule has 6 nitrogen and oxygen atoms in total. The molecule has 0 fully saturated rings. The van der Waals surface area contributed by atoms with E-state index in [0.717, 1.165) is 10.4 Å². The topological polar surface area (TPSA) is 84.2 Å². The number of nitrogens with zero attached hydrogens (tertiary/aromatic N) is 2. The highest BCUT2D eigenvalue weighted by Gasteiger charge is 2.24. The van der Waals surface area contributed by atoms with Gasteiger partial charge in [-0.05, 0) is 25.5 Å². The quantitative estimate of drug-likeness (QED) is 0.897. The Morgan fingerprint density at radius 2 is 2.15 bits per heavy atom. The lowest BCUT2D eigenvalue weighted by Crippen LogP contribution is -2.33. The monoisotopic (exact) mass is 293 g/mol. The van der Waals surface area contributed by atoms with Crippen molar-refractivity contribution in [2.45, 2.75) is 19.9 Å². The number of nitrogens with one attached hydrogen (secondary N) is 1. The van der Waals surface area contributed by atoms with Crippen molar-refractivity contribution in [3.63, 3.8) is 0 Å². The van der Waals surface area contributed by atoms with Crippen molar-refractivity contribution < 1.29 is 14.7 Å². The van der Waals surface area contributed by atoms with Crippen LogP contribution >= 0.6 is 11.3 Å². The first-order chi connectivity index (χ1) is 9.38. The summed E-state index contributed by atoms with van der Waals surface area (Å²) in [5.41, 5.74) is 1.46. The summed E-state index contributed by atoms with van der Waals surface area (Å²) in [5, 5.41) is 15.7. The number of aryl methyl sites for hydroxylation is 3. The number of rotatable bonds is 4. The maximum Gasteiger partial charge on any atom is 0.331 e. The molecule has 0 aliphatic carbocycles. The summed E-state index contributed by atoms with van der Waals surface area (Å²) in [6.45, 7) is 3.84. The molecular formula is C13H15N3O3S. The maximum atomic E-state index is 12.1. The van der Waals surface area contributed by atoms with Crippen molar-refractivity contribution in [1.29, 1.82) is 0 Å². The van der Waals surface area contributed by atoms with E-state index >= 15 is 0 Å². The molecule has 2 rings (SSSR count). The molecule has 1 amide bonds. The molecule has 0 aliphatic rings. The summed E-state index contributed by atoms with van der Waals surface area (Å²) < 4.78 is 1.50. The molecule has 0 aromatic carbocycles. The molecule has 0 spiro atoms. The van der Waals surface area contributed by atoms with E-state index in [4.69, 9.17) is 0 Å². The maximum absolute atomic E-state index is 12.1. The summed E-state index contributed by atoms with van der Waals surface area (Å²) >= 11 is 1.35. The van der Waals surface area contributed by atoms with E-state index in [9.17, 15) is 14.7 Å². The Balaban J connectivity index is 2.20. The minimum Gasteiger partial charge on any atom is -0.479 e. The number of carbonyl (C=O) groups is 2. The van der Waals surface area contributed by atoms with Gasteiger partial charge in [-0.3, -0.25) is 9.48 Å². The Morgan fingerprint density at radius 1 is 1.45 bits per heavy atom. The second kappa shape index (κ2) is 5.46. The number of carboxylic acid groups (broad SMARTS) is 1. The Kier molecular flexibility index (Phi) is 3.89. The highest BCUT2D eigenvalue weighted by molar-refractivity contribution is 7.14. The van der Waals surface area contributed by atoms with Crippen LogP contribution in [-0.4, -0.2) is 26.8 Å². The van der Waals surface area contributed by atoms with Crippen molar-refractivity contribution in [2.24, 2.45) is 7.05 Å². The van der Waals surface area contributed by atoms with Crippen molar-refractivity contribution in [2.75, 3.05) is 0 Å². The van der Waals surface area contributed by atoms with Gasteiger partial charge in [0.1, 0.15) is 0 Å². The van der Waals surface area contributed by atoms with Gasteiger partial charge in [0.15, 0.2) is 6.04 Å². The number of carboxylic acids is 1. The number of thiophene rings is 1. The number of amides is 1. The molecule has 2 aromatic rings. The van der Waals surface area contributed by atoms with E-state index < -0.39 is 12.0 Å². The summed E-state index contributed by atoms with van der Waals surface area (Å²) in [6.07, 6.45) is 3.01. The summed E-state index contributed by atoms with van der Waals surface area (Å²) in [7, 11) is 1.69. The third-order valence-electron chi connectivity index (χ3n) is 2.97. The van der Waals surface area contributed by atoms with Crippen LogP contribution in [0.2, 0.25) is 0 Å². The van der Waals surface area contributed by atoms with E-state index in [0.29, 0.717) is 10.4 Å². The van der Waals surface area contributed by atoms with Gasteiger partial charge < -0.3 is 10.4 Å². The van der Waals surface area contributed by atoms with E-state index in [2.05, 4.69) is 10.4 Å². The van der Waals surface area contributed by atoms with Crippen LogP contribution < -0.4 is 5.32 Å². The van der Waals surface area contributed by atoms with Gasteiger partial charge >= 0.3 is 5.97 Å². The van der Waals surface area contributed by atoms with E-state index in [1.54, 1.807) is 19.3 Å². The third-order valence-corrected chi connectivity index (χ3v) is 4.12. The highest BCUT2D eigenvalue weighted by atomic mass is 32.1. The SMILES string of the molecule is Cc1cc(C(=O)NC(C(=O)O)c2cnn(C)c2)sc1C. The molecule has 0 radical (unpaired) electrons. The number of aliphatic carboxylic acids is 1. The lowest BCUT2D eigenvalue weighted by atomic mass is 10.1. The zero-order valence-electron chi connectivity index (χ0n) is 11.4. The zero-order valence-corrected chi connectivity index (χ0v) is 12.2. The molecule has 0 saturated heterocycles. The van der Waals surface area contributed by atoms with Crippen LogP contribution in [0.4, 0.5) is 0 Å². The molecule has 2 N–H and O–H groups in total. The Bertz CT molecular complexity index is 640. The minimum absolute atomic E-state index is 0.387. The summed E-state index contributed by atoms with van der Waals surface area (Å²) in [4.78, 5) is 25.0. The smallest absolute Gasteiger partial charge is 0.331 e. The van der Waals surface area contributed by atoms with Crippen molar-refractivity contribution in [1.82, 2.24) is 15.1 Å². The van der Waals surface area contributed by atoms with Crippen molar-refractivity contribution in [3.05, 3.63) is 39.3 Å². The fraction of sp³-hybridized carbons (Fsp3) is 0.308. The van der Waals surface area contributed by atoms with Gasteiger partial charge in [-0.2, -0.15) is 5.10 Å². The number of aromatic nitrogens is 2. The highest BCUT2D eigenvalue weighted by Crippen LogP contribution is 2.21. The second-order valence-corrected chi connectivity index (χ2v) is 5.80. The molecule has 0 bridgehead atoms. The van der Waals surface area contributed by atoms with Gasteiger partial charge in [-0.1, -0.05) is 0 Å². The fourth-order valence-electron chi connectivity index (χ4n) is 1.76. The van der Waals surface area contributed by atoms with Gasteiger partial charge in [-0.25, -0.2) is 4.79 Å². The molecule has 1 unspecified atom stereocenters.